The zero-order valence-corrected chi connectivity index (χ0v) is 38.0. The Labute approximate surface area is 389 Å². The Morgan fingerprint density at radius 1 is 1.00 bits per heavy atom. The number of ether oxygens (including phenoxy) is 2. The molecule has 66 heavy (non-hydrogen) atoms. The van der Waals surface area contributed by atoms with Crippen LogP contribution in [0.5, 0.6) is 5.75 Å². The lowest BCUT2D eigenvalue weighted by Crippen LogP contribution is -2.46. The quantitative estimate of drug-likeness (QED) is 0.0798. The van der Waals surface area contributed by atoms with Gasteiger partial charge in [-0.15, -0.1) is 10.2 Å². The number of rotatable bonds is 10. The zero-order valence-electron chi connectivity index (χ0n) is 37.3. The summed E-state index contributed by atoms with van der Waals surface area (Å²) in [5.41, 5.74) is 10.4. The first-order chi connectivity index (χ1) is 31.9. The molecule has 4 aliphatic rings. The van der Waals surface area contributed by atoms with Crippen LogP contribution in [0.3, 0.4) is 0 Å². The molecule has 8 rings (SSSR count). The lowest BCUT2D eigenvalue weighted by molar-refractivity contribution is -0.128. The van der Waals surface area contributed by atoms with Crippen molar-refractivity contribution in [3.63, 3.8) is 0 Å². The minimum absolute atomic E-state index is 0.0578. The Hall–Kier alpha value is -6.36. The Kier molecular flexibility index (Phi) is 16.0. The number of carbonyl (C=O) groups is 2. The fraction of sp³-hybridized carbons (Fsp3) is 0.449. The van der Waals surface area contributed by atoms with Crippen molar-refractivity contribution < 1.29 is 27.8 Å². The Morgan fingerprint density at radius 2 is 1.79 bits per heavy atom. The third-order valence-electron chi connectivity index (χ3n) is 12.5. The Bertz CT molecular complexity index is 2530. The van der Waals surface area contributed by atoms with E-state index in [1.54, 1.807) is 47.2 Å². The second kappa shape index (κ2) is 22.2. The van der Waals surface area contributed by atoms with Gasteiger partial charge in [-0.05, 0) is 118 Å². The molecule has 2 aliphatic heterocycles. The summed E-state index contributed by atoms with van der Waals surface area (Å²) in [5.74, 6) is 6.13. The molecule has 4 N–H and O–H groups in total. The van der Waals surface area contributed by atoms with Crippen LogP contribution in [-0.4, -0.2) is 87.0 Å². The number of primary amides is 1. The van der Waals surface area contributed by atoms with Crippen molar-refractivity contribution in [2.45, 2.75) is 109 Å². The molecule has 0 spiro atoms. The van der Waals surface area contributed by atoms with Crippen LogP contribution < -0.4 is 20.7 Å². The van der Waals surface area contributed by atoms with Crippen LogP contribution in [-0.2, 0) is 23.0 Å². The predicted octanol–water partition coefficient (Wildman–Crippen LogP) is 8.04. The molecule has 2 fully saturated rings. The molecule has 2 saturated carbocycles. The van der Waals surface area contributed by atoms with E-state index in [0.717, 1.165) is 67.5 Å². The van der Waals surface area contributed by atoms with Crippen molar-refractivity contribution in [1.29, 1.82) is 10.7 Å². The molecule has 2 amide bonds. The summed E-state index contributed by atoms with van der Waals surface area (Å²) in [6.07, 6.45) is 12.5. The van der Waals surface area contributed by atoms with Crippen molar-refractivity contribution >= 4 is 34.9 Å². The SMILES string of the molecule is CC(=O)N1CCC(NC2CCC(OCC#Cc3ccc(C(N)=O)nn3)CC2)=C(C(=N)N2CCCc3cc(-c4cnn(C)c4)c(C(F)F)cc32)C1.N#Cc1ccc(OC2CCCCC2)cc1Cl. The number of nitrogens with two attached hydrogens (primary N) is 1. The fourth-order valence-electron chi connectivity index (χ4n) is 8.92. The number of fused-ring (bicyclic) bond motifs is 1. The van der Waals surface area contributed by atoms with Gasteiger partial charge in [0.05, 0.1) is 35.5 Å². The maximum absolute atomic E-state index is 14.5. The van der Waals surface area contributed by atoms with E-state index < -0.39 is 12.3 Å². The molecule has 0 atom stereocenters. The summed E-state index contributed by atoms with van der Waals surface area (Å²) in [7, 11) is 1.76. The lowest BCUT2D eigenvalue weighted by Gasteiger charge is -2.38. The van der Waals surface area contributed by atoms with E-state index in [0.29, 0.717) is 65.1 Å². The molecule has 14 nitrogen and oxygen atoms in total. The van der Waals surface area contributed by atoms with Gasteiger partial charge in [-0.1, -0.05) is 23.9 Å². The van der Waals surface area contributed by atoms with E-state index in [2.05, 4.69) is 32.5 Å². The molecule has 0 unspecified atom stereocenters. The van der Waals surface area contributed by atoms with Crippen LogP contribution >= 0.6 is 11.6 Å². The Balaban J connectivity index is 0.000000340. The minimum Gasteiger partial charge on any atom is -0.490 e. The van der Waals surface area contributed by atoms with Crippen LogP contribution in [0.25, 0.3) is 11.1 Å². The van der Waals surface area contributed by atoms with Gasteiger partial charge in [0.15, 0.2) is 5.69 Å². The molecular weight excluding hydrogens is 866 g/mol. The molecule has 346 valence electrons. The number of amides is 2. The maximum Gasteiger partial charge on any atom is 0.269 e. The third-order valence-corrected chi connectivity index (χ3v) is 12.8. The van der Waals surface area contributed by atoms with Crippen molar-refractivity contribution in [2.75, 3.05) is 31.1 Å². The van der Waals surface area contributed by atoms with Crippen molar-refractivity contribution in [2.24, 2.45) is 12.8 Å². The van der Waals surface area contributed by atoms with Gasteiger partial charge in [0.2, 0.25) is 5.91 Å². The lowest BCUT2D eigenvalue weighted by atomic mass is 9.91. The molecule has 2 aromatic carbocycles. The van der Waals surface area contributed by atoms with Crippen LogP contribution in [0.1, 0.15) is 117 Å². The molecule has 0 bridgehead atoms. The number of nitrogens with one attached hydrogen (secondary N) is 2. The van der Waals surface area contributed by atoms with Crippen LogP contribution in [0.4, 0.5) is 14.5 Å². The number of benzene rings is 2. The van der Waals surface area contributed by atoms with Crippen LogP contribution in [0.2, 0.25) is 5.02 Å². The molecule has 2 aromatic heterocycles. The molecule has 0 radical (unpaired) electrons. The summed E-state index contributed by atoms with van der Waals surface area (Å²) >= 11 is 5.94. The van der Waals surface area contributed by atoms with Crippen molar-refractivity contribution in [3.05, 3.63) is 99.2 Å². The molecule has 0 saturated heterocycles. The number of carbonyl (C=O) groups excluding carboxylic acids is 2. The van der Waals surface area contributed by atoms with E-state index in [9.17, 15) is 23.8 Å². The average Bonchev–Trinajstić information content (AvgIpc) is 3.76. The van der Waals surface area contributed by atoms with Crippen LogP contribution in [0.15, 0.2) is 66.1 Å². The first-order valence-corrected chi connectivity index (χ1v) is 22.9. The zero-order chi connectivity index (χ0) is 46.7. The second-order valence-electron chi connectivity index (χ2n) is 17.1. The van der Waals surface area contributed by atoms with Crippen molar-refractivity contribution in [3.8, 4) is 34.8 Å². The summed E-state index contributed by atoms with van der Waals surface area (Å²) in [6, 6.07) is 13.9. The summed E-state index contributed by atoms with van der Waals surface area (Å²) < 4.78 is 42.4. The largest absolute Gasteiger partial charge is 0.490 e. The summed E-state index contributed by atoms with van der Waals surface area (Å²) in [6.45, 7) is 3.12. The number of halogens is 3. The summed E-state index contributed by atoms with van der Waals surface area (Å²) in [5, 5.41) is 34.2. The van der Waals surface area contributed by atoms with Gasteiger partial charge in [-0.3, -0.25) is 19.7 Å². The number of amidine groups is 1. The van der Waals surface area contributed by atoms with Gasteiger partial charge < -0.3 is 30.3 Å². The van der Waals surface area contributed by atoms with Gasteiger partial charge in [-0.25, -0.2) is 8.78 Å². The van der Waals surface area contributed by atoms with E-state index >= 15 is 0 Å². The van der Waals surface area contributed by atoms with E-state index in [4.69, 9.17) is 32.1 Å². The minimum atomic E-state index is -2.70. The number of nitriles is 1. The fourth-order valence-corrected chi connectivity index (χ4v) is 9.13. The van der Waals surface area contributed by atoms with Gasteiger partial charge >= 0.3 is 0 Å². The molecule has 4 aromatic rings. The first-order valence-electron chi connectivity index (χ1n) is 22.5. The van der Waals surface area contributed by atoms with Crippen molar-refractivity contribution in [1.82, 2.24) is 30.2 Å². The highest BCUT2D eigenvalue weighted by Gasteiger charge is 2.32. The average molecular weight is 921 g/mol. The first kappa shape index (κ1) is 47.6. The van der Waals surface area contributed by atoms with E-state index in [1.807, 2.05) is 23.1 Å². The predicted molar refractivity (Wildman–Crippen MR) is 247 cm³/mol. The highest BCUT2D eigenvalue weighted by Crippen LogP contribution is 2.40. The van der Waals surface area contributed by atoms with E-state index in [1.165, 1.54) is 38.3 Å². The molecule has 17 heteroatoms. The molecule has 4 heterocycles. The van der Waals surface area contributed by atoms with Gasteiger partial charge in [0, 0.05) is 79.9 Å². The molecular formula is C49H55ClF2N10O4. The topological polar surface area (TPSA) is 188 Å². The number of hydrogen-bond acceptors (Lipinski definition) is 10. The van der Waals surface area contributed by atoms with Crippen LogP contribution in [0, 0.1) is 28.6 Å². The van der Waals surface area contributed by atoms with E-state index in [-0.39, 0.29) is 48.3 Å². The second-order valence-corrected chi connectivity index (χ2v) is 17.5. The Morgan fingerprint density at radius 3 is 2.44 bits per heavy atom. The van der Waals surface area contributed by atoms with Gasteiger partial charge in [-0.2, -0.15) is 10.4 Å². The maximum atomic E-state index is 14.5. The van der Waals surface area contributed by atoms with Gasteiger partial charge in [0.25, 0.3) is 12.3 Å². The summed E-state index contributed by atoms with van der Waals surface area (Å²) in [4.78, 5) is 27.2. The standard InChI is InChI=1S/C36H41F2N9O3.C13H14ClNO/c1-22(48)46-15-13-31(42-25-7-10-27(11-8-25)50-16-4-6-26-9-12-32(36(40)49)44-43-26)30(21-46)35(39)47-14-3-5-23-17-28(24-19-41-45(2)20-24)29(34(37)38)18-33(23)47;14-13-8-12(7-6-10(13)9-15)16-11-4-2-1-3-5-11/h9,12,17-20,25,27,34,39,42H,3,5,7-8,10-11,13-16,21H2,1-2H3,(H2,40,49);6-8,11H,1-5H2. The third kappa shape index (κ3) is 12.1. The monoisotopic (exact) mass is 920 g/mol. The highest BCUT2D eigenvalue weighted by atomic mass is 35.5. The smallest absolute Gasteiger partial charge is 0.269 e. The number of alkyl halides is 2. The number of anilines is 1. The number of hydrogen-bond donors (Lipinski definition) is 3. The highest BCUT2D eigenvalue weighted by molar-refractivity contribution is 6.31. The molecule has 2 aliphatic carbocycles. The number of nitrogens with zero attached hydrogens (tertiary/aromatic N) is 7. The number of aromatic nitrogens is 4. The normalized spacial score (nSPS) is 18.6. The van der Waals surface area contributed by atoms with Gasteiger partial charge in [0.1, 0.15) is 30.0 Å². The number of aryl methyl sites for hydroxylation is 2.